The standard InChI is InChI=1S/C12H25NO3/c1-10(2)16-9-11(14)8-13-12(3)4-6-15-7-5-12/h10-11,13-14H,4-9H2,1-3H3. The molecule has 0 spiro atoms. The molecule has 0 bridgehead atoms. The predicted octanol–water partition coefficient (Wildman–Crippen LogP) is 0.931. The minimum Gasteiger partial charge on any atom is -0.389 e. The molecule has 1 aliphatic rings. The van der Waals surface area contributed by atoms with E-state index in [9.17, 15) is 5.11 Å². The first-order chi connectivity index (χ1) is 7.52. The van der Waals surface area contributed by atoms with Crippen LogP contribution in [-0.4, -0.2) is 49.2 Å². The molecule has 1 rings (SSSR count). The van der Waals surface area contributed by atoms with Crippen molar-refractivity contribution in [1.82, 2.24) is 5.32 Å². The third-order valence-corrected chi connectivity index (χ3v) is 2.98. The summed E-state index contributed by atoms with van der Waals surface area (Å²) in [6.45, 7) is 8.73. The fourth-order valence-electron chi connectivity index (χ4n) is 1.73. The number of rotatable bonds is 6. The highest BCUT2D eigenvalue weighted by Gasteiger charge is 2.27. The number of nitrogens with one attached hydrogen (secondary N) is 1. The van der Waals surface area contributed by atoms with Crippen molar-refractivity contribution in [3.8, 4) is 0 Å². The highest BCUT2D eigenvalue weighted by molar-refractivity contribution is 4.86. The molecule has 0 aromatic heterocycles. The van der Waals surface area contributed by atoms with Crippen LogP contribution < -0.4 is 5.32 Å². The summed E-state index contributed by atoms with van der Waals surface area (Å²) >= 11 is 0. The van der Waals surface area contributed by atoms with Crippen molar-refractivity contribution in [3.05, 3.63) is 0 Å². The Labute approximate surface area is 98.3 Å². The number of ether oxygens (including phenoxy) is 2. The van der Waals surface area contributed by atoms with Crippen molar-refractivity contribution < 1.29 is 14.6 Å². The van der Waals surface area contributed by atoms with Gasteiger partial charge in [-0.25, -0.2) is 0 Å². The number of hydrogen-bond donors (Lipinski definition) is 2. The zero-order valence-corrected chi connectivity index (χ0v) is 10.7. The first-order valence-electron chi connectivity index (χ1n) is 6.14. The molecule has 1 fully saturated rings. The molecular weight excluding hydrogens is 206 g/mol. The second-order valence-corrected chi connectivity index (χ2v) is 5.09. The number of aliphatic hydroxyl groups is 1. The molecule has 0 amide bonds. The summed E-state index contributed by atoms with van der Waals surface area (Å²) in [6, 6.07) is 0. The van der Waals surface area contributed by atoms with Crippen molar-refractivity contribution in [2.24, 2.45) is 0 Å². The Morgan fingerprint density at radius 1 is 1.38 bits per heavy atom. The summed E-state index contributed by atoms with van der Waals surface area (Å²) in [5, 5.41) is 13.1. The van der Waals surface area contributed by atoms with Crippen LogP contribution >= 0.6 is 0 Å². The largest absolute Gasteiger partial charge is 0.389 e. The highest BCUT2D eigenvalue weighted by Crippen LogP contribution is 2.19. The average Bonchev–Trinajstić information content (AvgIpc) is 2.25. The molecule has 16 heavy (non-hydrogen) atoms. The second-order valence-electron chi connectivity index (χ2n) is 5.09. The lowest BCUT2D eigenvalue weighted by Gasteiger charge is -2.35. The molecule has 1 saturated heterocycles. The van der Waals surface area contributed by atoms with Crippen LogP contribution in [0, 0.1) is 0 Å². The lowest BCUT2D eigenvalue weighted by Crippen LogP contribution is -2.50. The van der Waals surface area contributed by atoms with E-state index in [0.717, 1.165) is 26.1 Å². The molecule has 1 atom stereocenters. The minimum atomic E-state index is -0.429. The molecule has 96 valence electrons. The number of hydrogen-bond acceptors (Lipinski definition) is 4. The second kappa shape index (κ2) is 6.55. The van der Waals surface area contributed by atoms with E-state index in [4.69, 9.17) is 9.47 Å². The first kappa shape index (κ1) is 13.9. The van der Waals surface area contributed by atoms with Crippen LogP contribution in [0.3, 0.4) is 0 Å². The third-order valence-electron chi connectivity index (χ3n) is 2.98. The molecule has 0 aromatic rings. The SMILES string of the molecule is CC(C)OCC(O)CNC1(C)CCOCC1. The van der Waals surface area contributed by atoms with Crippen molar-refractivity contribution >= 4 is 0 Å². The molecule has 4 heteroatoms. The van der Waals surface area contributed by atoms with Gasteiger partial charge in [0.15, 0.2) is 0 Å². The van der Waals surface area contributed by atoms with Gasteiger partial charge in [0.2, 0.25) is 0 Å². The van der Waals surface area contributed by atoms with Gasteiger partial charge in [-0.3, -0.25) is 0 Å². The first-order valence-corrected chi connectivity index (χ1v) is 6.14. The van der Waals surface area contributed by atoms with Crippen LogP contribution in [0.4, 0.5) is 0 Å². The van der Waals surface area contributed by atoms with Gasteiger partial charge in [-0.15, -0.1) is 0 Å². The maximum atomic E-state index is 9.72. The van der Waals surface area contributed by atoms with Crippen molar-refractivity contribution in [2.75, 3.05) is 26.4 Å². The monoisotopic (exact) mass is 231 g/mol. The number of aliphatic hydroxyl groups excluding tert-OH is 1. The highest BCUT2D eigenvalue weighted by atomic mass is 16.5. The predicted molar refractivity (Wildman–Crippen MR) is 63.6 cm³/mol. The Bertz CT molecular complexity index is 191. The van der Waals surface area contributed by atoms with Gasteiger partial charge in [-0.2, -0.15) is 0 Å². The lowest BCUT2D eigenvalue weighted by atomic mass is 9.92. The van der Waals surface area contributed by atoms with Crippen LogP contribution in [0.5, 0.6) is 0 Å². The van der Waals surface area contributed by atoms with E-state index in [1.165, 1.54) is 0 Å². The van der Waals surface area contributed by atoms with E-state index >= 15 is 0 Å². The van der Waals surface area contributed by atoms with Crippen LogP contribution in [0.25, 0.3) is 0 Å². The Hall–Kier alpha value is -0.160. The van der Waals surface area contributed by atoms with E-state index in [1.54, 1.807) is 0 Å². The van der Waals surface area contributed by atoms with Crippen molar-refractivity contribution in [2.45, 2.75) is 51.4 Å². The normalized spacial score (nSPS) is 22.3. The minimum absolute atomic E-state index is 0.108. The van der Waals surface area contributed by atoms with Crippen molar-refractivity contribution in [1.29, 1.82) is 0 Å². The molecule has 2 N–H and O–H groups in total. The number of β-amino-alcohol motifs (C(OH)–C–C–N with tert-alkyl or cyclic N) is 1. The molecule has 0 radical (unpaired) electrons. The Balaban J connectivity index is 2.17. The van der Waals surface area contributed by atoms with Gasteiger partial charge in [0, 0.05) is 25.3 Å². The van der Waals surface area contributed by atoms with E-state index < -0.39 is 6.10 Å². The zero-order valence-electron chi connectivity index (χ0n) is 10.7. The topological polar surface area (TPSA) is 50.7 Å². The van der Waals surface area contributed by atoms with Gasteiger partial charge >= 0.3 is 0 Å². The van der Waals surface area contributed by atoms with E-state index in [-0.39, 0.29) is 11.6 Å². The molecular formula is C12H25NO3. The lowest BCUT2D eigenvalue weighted by molar-refractivity contribution is -0.00349. The smallest absolute Gasteiger partial charge is 0.0898 e. The van der Waals surface area contributed by atoms with Crippen LogP contribution in [-0.2, 0) is 9.47 Å². The van der Waals surface area contributed by atoms with Gasteiger partial charge in [-0.1, -0.05) is 0 Å². The fraction of sp³-hybridized carbons (Fsp3) is 1.00. The van der Waals surface area contributed by atoms with Gasteiger partial charge < -0.3 is 19.9 Å². The van der Waals surface area contributed by atoms with Crippen LogP contribution in [0.1, 0.15) is 33.6 Å². The van der Waals surface area contributed by atoms with Crippen molar-refractivity contribution in [3.63, 3.8) is 0 Å². The Morgan fingerprint density at radius 3 is 2.56 bits per heavy atom. The molecule has 0 aromatic carbocycles. The maximum Gasteiger partial charge on any atom is 0.0898 e. The van der Waals surface area contributed by atoms with Gasteiger partial charge in [0.1, 0.15) is 0 Å². The van der Waals surface area contributed by atoms with Gasteiger partial charge in [-0.05, 0) is 33.6 Å². The third kappa shape index (κ3) is 5.25. The zero-order chi connectivity index (χ0) is 12.0. The molecule has 1 heterocycles. The molecule has 1 aliphatic heterocycles. The van der Waals surface area contributed by atoms with Crippen LogP contribution in [0.15, 0.2) is 0 Å². The molecule has 0 aliphatic carbocycles. The quantitative estimate of drug-likeness (QED) is 0.714. The van der Waals surface area contributed by atoms with Crippen LogP contribution in [0.2, 0.25) is 0 Å². The van der Waals surface area contributed by atoms with Gasteiger partial charge in [0.05, 0.1) is 18.8 Å². The van der Waals surface area contributed by atoms with E-state index in [1.807, 2.05) is 13.8 Å². The summed E-state index contributed by atoms with van der Waals surface area (Å²) in [7, 11) is 0. The fourth-order valence-corrected chi connectivity index (χ4v) is 1.73. The molecule has 1 unspecified atom stereocenters. The Kier molecular flexibility index (Phi) is 5.69. The van der Waals surface area contributed by atoms with Gasteiger partial charge in [0.25, 0.3) is 0 Å². The van der Waals surface area contributed by atoms with E-state index in [2.05, 4.69) is 12.2 Å². The summed E-state index contributed by atoms with van der Waals surface area (Å²) < 4.78 is 10.7. The summed E-state index contributed by atoms with van der Waals surface area (Å²) in [4.78, 5) is 0. The average molecular weight is 231 g/mol. The molecule has 0 saturated carbocycles. The molecule has 4 nitrogen and oxygen atoms in total. The summed E-state index contributed by atoms with van der Waals surface area (Å²) in [5.41, 5.74) is 0.108. The summed E-state index contributed by atoms with van der Waals surface area (Å²) in [6.07, 6.45) is 1.76. The summed E-state index contributed by atoms with van der Waals surface area (Å²) in [5.74, 6) is 0. The van der Waals surface area contributed by atoms with E-state index in [0.29, 0.717) is 13.2 Å². The Morgan fingerprint density at radius 2 is 2.00 bits per heavy atom. The maximum absolute atomic E-state index is 9.72.